The van der Waals surface area contributed by atoms with Crippen molar-refractivity contribution >= 4 is 23.5 Å². The van der Waals surface area contributed by atoms with E-state index in [-0.39, 0.29) is 54.6 Å². The predicted octanol–water partition coefficient (Wildman–Crippen LogP) is 2.01. The molecular weight excluding hydrogens is 318 g/mol. The van der Waals surface area contributed by atoms with Crippen LogP contribution in [0.2, 0.25) is 0 Å². The molecule has 0 radical (unpaired) electrons. The minimum Gasteiger partial charge on any atom is -0.336 e. The Morgan fingerprint density at radius 2 is 1.60 bits per heavy atom. The van der Waals surface area contributed by atoms with Crippen LogP contribution in [0.25, 0.3) is 0 Å². The normalized spacial score (nSPS) is 29.7. The molecule has 2 fully saturated rings. The van der Waals surface area contributed by atoms with Gasteiger partial charge in [-0.2, -0.15) is 0 Å². The van der Waals surface area contributed by atoms with Gasteiger partial charge in [0, 0.05) is 18.8 Å². The maximum absolute atomic E-state index is 12.6. The quantitative estimate of drug-likeness (QED) is 0.650. The summed E-state index contributed by atoms with van der Waals surface area (Å²) in [4.78, 5) is 38.5. The highest BCUT2D eigenvalue weighted by molar-refractivity contribution is 6.06. The number of para-hydroxylation sites is 1. The summed E-state index contributed by atoms with van der Waals surface area (Å²) in [7, 11) is 0. The van der Waals surface area contributed by atoms with Crippen LogP contribution in [-0.2, 0) is 9.59 Å². The van der Waals surface area contributed by atoms with Crippen molar-refractivity contribution in [1.29, 1.82) is 0 Å². The van der Waals surface area contributed by atoms with E-state index in [1.165, 1.54) is 4.90 Å². The van der Waals surface area contributed by atoms with Crippen molar-refractivity contribution in [3.63, 3.8) is 0 Å². The molecule has 2 bridgehead atoms. The summed E-state index contributed by atoms with van der Waals surface area (Å²) in [6.07, 6.45) is 6.20. The van der Waals surface area contributed by atoms with Gasteiger partial charge in [0.1, 0.15) is 0 Å². The molecule has 3 aliphatic carbocycles. The first-order valence-electron chi connectivity index (χ1n) is 8.78. The van der Waals surface area contributed by atoms with Crippen molar-refractivity contribution in [2.24, 2.45) is 23.7 Å². The fourth-order valence-electron chi connectivity index (χ4n) is 4.33. The number of hydrogen-bond donors (Lipinski definition) is 2. The molecule has 1 aromatic rings. The molecule has 1 heterocycles. The SMILES string of the molecule is O=C(NCCN1C(=O)[C@H]2[C@H](C1=O)[C@H]1C=C[C@H]2CC1)Nc1ccccc1. The number of anilines is 1. The number of carbonyl (C=O) groups is 3. The number of carbonyl (C=O) groups excluding carboxylic acids is 3. The number of hydrogen-bond acceptors (Lipinski definition) is 3. The zero-order valence-electron chi connectivity index (χ0n) is 13.9. The van der Waals surface area contributed by atoms with Crippen molar-refractivity contribution in [3.8, 4) is 0 Å². The van der Waals surface area contributed by atoms with E-state index in [1.54, 1.807) is 12.1 Å². The zero-order valence-corrected chi connectivity index (χ0v) is 13.9. The molecule has 1 saturated heterocycles. The number of imide groups is 1. The molecule has 0 spiro atoms. The average Bonchev–Trinajstić information content (AvgIpc) is 2.90. The molecule has 130 valence electrons. The van der Waals surface area contributed by atoms with Crippen molar-refractivity contribution in [1.82, 2.24) is 10.2 Å². The molecule has 1 aromatic carbocycles. The van der Waals surface area contributed by atoms with Crippen molar-refractivity contribution in [3.05, 3.63) is 42.5 Å². The number of allylic oxidation sites excluding steroid dienone is 2. The van der Waals surface area contributed by atoms with Crippen LogP contribution in [-0.4, -0.2) is 35.8 Å². The highest BCUT2D eigenvalue weighted by Gasteiger charge is 2.56. The number of urea groups is 1. The molecule has 4 atom stereocenters. The second-order valence-electron chi connectivity index (χ2n) is 6.92. The number of benzene rings is 1. The van der Waals surface area contributed by atoms with Crippen molar-refractivity contribution in [2.45, 2.75) is 12.8 Å². The van der Waals surface area contributed by atoms with Gasteiger partial charge in [0.15, 0.2) is 0 Å². The number of nitrogens with one attached hydrogen (secondary N) is 2. The lowest BCUT2D eigenvalue weighted by molar-refractivity contribution is -0.140. The highest BCUT2D eigenvalue weighted by Crippen LogP contribution is 2.49. The van der Waals surface area contributed by atoms with E-state index in [4.69, 9.17) is 0 Å². The van der Waals surface area contributed by atoms with Gasteiger partial charge in [0.25, 0.3) is 0 Å². The van der Waals surface area contributed by atoms with Gasteiger partial charge in [0.05, 0.1) is 11.8 Å². The topological polar surface area (TPSA) is 78.5 Å². The van der Waals surface area contributed by atoms with Gasteiger partial charge < -0.3 is 10.6 Å². The van der Waals surface area contributed by atoms with Gasteiger partial charge in [-0.05, 0) is 36.8 Å². The largest absolute Gasteiger partial charge is 0.336 e. The van der Waals surface area contributed by atoms with E-state index in [0.29, 0.717) is 5.69 Å². The maximum Gasteiger partial charge on any atom is 0.319 e. The Labute approximate surface area is 146 Å². The van der Waals surface area contributed by atoms with Crippen LogP contribution >= 0.6 is 0 Å². The van der Waals surface area contributed by atoms with Gasteiger partial charge in [0.2, 0.25) is 11.8 Å². The van der Waals surface area contributed by atoms with Gasteiger partial charge in [-0.25, -0.2) is 4.79 Å². The van der Waals surface area contributed by atoms with Crippen LogP contribution in [0.4, 0.5) is 10.5 Å². The van der Waals surface area contributed by atoms with Crippen LogP contribution in [0.3, 0.4) is 0 Å². The summed E-state index contributed by atoms with van der Waals surface area (Å²) in [6.45, 7) is 0.477. The minimum absolute atomic E-state index is 0.0701. The first-order chi connectivity index (χ1) is 12.1. The van der Waals surface area contributed by atoms with Crippen LogP contribution in [0.5, 0.6) is 0 Å². The van der Waals surface area contributed by atoms with Gasteiger partial charge >= 0.3 is 6.03 Å². The molecule has 0 aromatic heterocycles. The molecule has 6 nitrogen and oxygen atoms in total. The predicted molar refractivity (Wildman–Crippen MR) is 92.5 cm³/mol. The summed E-state index contributed by atoms with van der Waals surface area (Å²) < 4.78 is 0. The molecule has 0 unspecified atom stereocenters. The van der Waals surface area contributed by atoms with Crippen LogP contribution in [0, 0.1) is 23.7 Å². The zero-order chi connectivity index (χ0) is 17.4. The lowest BCUT2D eigenvalue weighted by atomic mass is 9.63. The van der Waals surface area contributed by atoms with E-state index >= 15 is 0 Å². The molecule has 5 rings (SSSR count). The summed E-state index contributed by atoms with van der Waals surface area (Å²) >= 11 is 0. The second-order valence-corrected chi connectivity index (χ2v) is 6.92. The lowest BCUT2D eigenvalue weighted by Gasteiger charge is -2.38. The molecule has 6 heteroatoms. The van der Waals surface area contributed by atoms with E-state index in [2.05, 4.69) is 22.8 Å². The number of nitrogens with zero attached hydrogens (tertiary/aromatic N) is 1. The van der Waals surface area contributed by atoms with Gasteiger partial charge in [-0.15, -0.1) is 0 Å². The Balaban J connectivity index is 1.32. The first-order valence-corrected chi connectivity index (χ1v) is 8.78. The van der Waals surface area contributed by atoms with Crippen molar-refractivity contribution in [2.75, 3.05) is 18.4 Å². The average molecular weight is 339 g/mol. The van der Waals surface area contributed by atoms with Crippen LogP contribution < -0.4 is 10.6 Å². The molecular formula is C19H21N3O3. The molecule has 4 amide bonds. The summed E-state index contributed by atoms with van der Waals surface area (Å²) in [5.41, 5.74) is 0.696. The first kappa shape index (κ1) is 15.9. The lowest BCUT2D eigenvalue weighted by Crippen LogP contribution is -2.40. The fourth-order valence-corrected chi connectivity index (χ4v) is 4.33. The molecule has 4 aliphatic rings. The third kappa shape index (κ3) is 2.81. The van der Waals surface area contributed by atoms with E-state index < -0.39 is 0 Å². The van der Waals surface area contributed by atoms with Gasteiger partial charge in [-0.1, -0.05) is 30.4 Å². The monoisotopic (exact) mass is 339 g/mol. The maximum atomic E-state index is 12.6. The Bertz CT molecular complexity index is 699. The Hall–Kier alpha value is -2.63. The van der Waals surface area contributed by atoms with Crippen LogP contribution in [0.1, 0.15) is 12.8 Å². The van der Waals surface area contributed by atoms with Crippen LogP contribution in [0.15, 0.2) is 42.5 Å². The number of amides is 4. The third-order valence-corrected chi connectivity index (χ3v) is 5.50. The Morgan fingerprint density at radius 1 is 1.00 bits per heavy atom. The standard InChI is InChI=1S/C19H21N3O3/c23-17-15-12-6-7-13(9-8-12)16(15)18(24)22(17)11-10-20-19(25)21-14-4-2-1-3-5-14/h1-7,12-13,15-16H,8-11H2,(H2,20,21,25)/t12-,13-,15+,16+/m0/s1. The van der Waals surface area contributed by atoms with E-state index in [0.717, 1.165) is 12.8 Å². The Morgan fingerprint density at radius 3 is 2.16 bits per heavy atom. The molecule has 1 aliphatic heterocycles. The van der Waals surface area contributed by atoms with E-state index in [9.17, 15) is 14.4 Å². The second kappa shape index (κ2) is 6.35. The summed E-state index contributed by atoms with van der Waals surface area (Å²) in [5, 5.41) is 5.42. The third-order valence-electron chi connectivity index (χ3n) is 5.50. The smallest absolute Gasteiger partial charge is 0.319 e. The highest BCUT2D eigenvalue weighted by atomic mass is 16.2. The Kier molecular flexibility index (Phi) is 4.03. The summed E-state index contributed by atoms with van der Waals surface area (Å²) in [5.74, 6) is -0.112. The summed E-state index contributed by atoms with van der Waals surface area (Å²) in [6, 6.07) is 8.78. The minimum atomic E-state index is -0.343. The van der Waals surface area contributed by atoms with Crippen molar-refractivity contribution < 1.29 is 14.4 Å². The number of likely N-dealkylation sites (tertiary alicyclic amines) is 1. The molecule has 25 heavy (non-hydrogen) atoms. The fraction of sp³-hybridized carbons (Fsp3) is 0.421. The van der Waals surface area contributed by atoms with Gasteiger partial charge in [-0.3, -0.25) is 14.5 Å². The number of fused-ring (bicyclic) bond motifs is 1. The van der Waals surface area contributed by atoms with E-state index in [1.807, 2.05) is 18.2 Å². The number of rotatable bonds is 4. The molecule has 1 saturated carbocycles. The molecule has 2 N–H and O–H groups in total.